The summed E-state index contributed by atoms with van der Waals surface area (Å²) in [6, 6.07) is 22.5. The van der Waals surface area contributed by atoms with E-state index in [1.54, 1.807) is 25.1 Å². The Hall–Kier alpha value is -8.79. The van der Waals surface area contributed by atoms with Gasteiger partial charge in [-0.25, -0.2) is 4.79 Å². The van der Waals surface area contributed by atoms with Crippen molar-refractivity contribution in [2.75, 3.05) is 42.3 Å². The van der Waals surface area contributed by atoms with Crippen molar-refractivity contribution in [3.8, 4) is 40.6 Å². The van der Waals surface area contributed by atoms with Crippen LogP contribution >= 0.6 is 0 Å². The average Bonchev–Trinajstić information content (AvgIpc) is 3.75. The molecule has 1 aliphatic rings. The van der Waals surface area contributed by atoms with Gasteiger partial charge in [0.15, 0.2) is 34.5 Å². The number of carbonyl (C=O) groups is 6. The SMILES string of the molecule is COc1c(NC(=O)c2ccc(NC(=O)c3ccc(NC(=O)[C@H](CC#N)NC(=O)c4ccc(NC(=O)C(C)Cc5ccc6c(c5)OCO6)cc4)cc3)c(OC)c2O)ccc(C(=O)O)c1O. The monoisotopic (exact) mass is 872 g/mol. The van der Waals surface area contributed by atoms with E-state index in [0.29, 0.717) is 23.6 Å². The van der Waals surface area contributed by atoms with Crippen LogP contribution in [0.15, 0.2) is 91.0 Å². The first-order chi connectivity index (χ1) is 30.7. The molecule has 0 fully saturated rings. The Morgan fingerprint density at radius 3 is 1.78 bits per heavy atom. The Bertz CT molecular complexity index is 2680. The molecule has 64 heavy (non-hydrogen) atoms. The second kappa shape index (κ2) is 19.7. The van der Waals surface area contributed by atoms with E-state index in [2.05, 4.69) is 26.6 Å². The highest BCUT2D eigenvalue weighted by Crippen LogP contribution is 2.41. The lowest BCUT2D eigenvalue weighted by molar-refractivity contribution is -0.119. The highest BCUT2D eigenvalue weighted by Gasteiger charge is 2.25. The molecule has 0 aromatic heterocycles. The molecular weight excluding hydrogens is 833 g/mol. The summed E-state index contributed by atoms with van der Waals surface area (Å²) in [4.78, 5) is 76.9. The molecule has 1 unspecified atom stereocenters. The van der Waals surface area contributed by atoms with Gasteiger partial charge in [-0.1, -0.05) is 13.0 Å². The number of phenols is 2. The molecule has 328 valence electrons. The van der Waals surface area contributed by atoms with Gasteiger partial charge in [-0.15, -0.1) is 0 Å². The molecule has 5 aromatic carbocycles. The molecule has 19 heteroatoms. The van der Waals surface area contributed by atoms with Gasteiger partial charge in [0.25, 0.3) is 17.7 Å². The minimum absolute atomic E-state index is 0.0159. The molecule has 1 aliphatic heterocycles. The van der Waals surface area contributed by atoms with Gasteiger partial charge in [0, 0.05) is 28.4 Å². The van der Waals surface area contributed by atoms with Crippen molar-refractivity contribution in [3.63, 3.8) is 0 Å². The third kappa shape index (κ3) is 10.2. The fourth-order valence-corrected chi connectivity index (χ4v) is 6.45. The van der Waals surface area contributed by atoms with E-state index in [4.69, 9.17) is 18.9 Å². The van der Waals surface area contributed by atoms with Crippen LogP contribution in [0.25, 0.3) is 0 Å². The maximum atomic E-state index is 13.2. The van der Waals surface area contributed by atoms with E-state index >= 15 is 0 Å². The molecule has 5 aromatic rings. The second-order valence-corrected chi connectivity index (χ2v) is 14.1. The van der Waals surface area contributed by atoms with Crippen LogP contribution in [-0.4, -0.2) is 77.9 Å². The zero-order valence-electron chi connectivity index (χ0n) is 34.3. The molecule has 0 saturated heterocycles. The van der Waals surface area contributed by atoms with Crippen LogP contribution in [0, 0.1) is 17.2 Å². The van der Waals surface area contributed by atoms with Gasteiger partial charge in [-0.05, 0) is 96.9 Å². The summed E-state index contributed by atoms with van der Waals surface area (Å²) in [7, 11) is 2.36. The number of carbonyl (C=O) groups excluding carboxylic acids is 5. The number of phenolic OH excluding ortho intramolecular Hbond substituents is 1. The summed E-state index contributed by atoms with van der Waals surface area (Å²) in [6.45, 7) is 1.94. The fraction of sp³-hybridized carbons (Fsp3) is 0.178. The summed E-state index contributed by atoms with van der Waals surface area (Å²) >= 11 is 0. The number of hydrogen-bond acceptors (Lipinski definition) is 13. The molecule has 1 heterocycles. The standard InChI is InChI=1S/C45H40N6O13/c1-23(20-24-4-17-34-35(21-24)64-22-63-34)40(54)47-27-9-5-26(6-10-27)42(56)51-33(18-19-46)44(58)48-28-11-7-25(8-12-28)41(55)49-31-15-13-29(36(52)38(31)61-2)43(57)50-32-16-14-30(45(59)60)37(53)39(32)62-3/h4-17,21,23,33,52-53H,18,20,22H2,1-3H3,(H,47,54)(H,48,58)(H,49,55)(H,50,57)(H,51,56)(H,59,60)/t23?,33-/m0/s1. The highest BCUT2D eigenvalue weighted by molar-refractivity contribution is 6.10. The summed E-state index contributed by atoms with van der Waals surface area (Å²) in [5, 5.41) is 52.9. The fourth-order valence-electron chi connectivity index (χ4n) is 6.45. The molecule has 0 bridgehead atoms. The van der Waals surface area contributed by atoms with Crippen LogP contribution in [0.1, 0.15) is 60.3 Å². The molecule has 0 spiro atoms. The first kappa shape index (κ1) is 44.8. The Labute approximate surface area is 364 Å². The average molecular weight is 873 g/mol. The lowest BCUT2D eigenvalue weighted by Crippen LogP contribution is -2.43. The molecule has 2 atom stereocenters. The van der Waals surface area contributed by atoms with Crippen molar-refractivity contribution in [3.05, 3.63) is 119 Å². The van der Waals surface area contributed by atoms with Crippen molar-refractivity contribution in [1.29, 1.82) is 5.26 Å². The molecule has 0 aliphatic carbocycles. The van der Waals surface area contributed by atoms with Crippen molar-refractivity contribution >= 4 is 58.3 Å². The van der Waals surface area contributed by atoms with E-state index in [9.17, 15) is 49.3 Å². The quantitative estimate of drug-likeness (QED) is 0.0607. The van der Waals surface area contributed by atoms with E-state index in [-0.39, 0.29) is 70.3 Å². The van der Waals surface area contributed by atoms with E-state index in [1.165, 1.54) is 61.7 Å². The third-order valence-corrected chi connectivity index (χ3v) is 9.82. The van der Waals surface area contributed by atoms with Crippen molar-refractivity contribution in [1.82, 2.24) is 5.32 Å². The van der Waals surface area contributed by atoms with Gasteiger partial charge in [0.05, 0.1) is 43.6 Å². The van der Waals surface area contributed by atoms with E-state index in [1.807, 2.05) is 18.2 Å². The number of aromatic hydroxyl groups is 2. The summed E-state index contributed by atoms with van der Waals surface area (Å²) in [6.07, 6.45) is 0.0947. The topological polar surface area (TPSA) is 284 Å². The number of amides is 5. The van der Waals surface area contributed by atoms with Gasteiger partial charge in [-0.3, -0.25) is 24.0 Å². The summed E-state index contributed by atoms with van der Waals surface area (Å²) in [5.41, 5.74) is 1.00. The number of methoxy groups -OCH3 is 2. The number of carboxylic acid groups (broad SMARTS) is 1. The zero-order valence-corrected chi connectivity index (χ0v) is 34.3. The number of nitrogens with zero attached hydrogens (tertiary/aromatic N) is 1. The summed E-state index contributed by atoms with van der Waals surface area (Å²) < 4.78 is 21.1. The molecule has 0 saturated carbocycles. The van der Waals surface area contributed by atoms with Gasteiger partial charge < -0.3 is 60.9 Å². The van der Waals surface area contributed by atoms with Crippen LogP contribution in [-0.2, 0) is 16.0 Å². The van der Waals surface area contributed by atoms with Crippen LogP contribution in [0.2, 0.25) is 0 Å². The largest absolute Gasteiger partial charge is 0.504 e. The van der Waals surface area contributed by atoms with E-state index in [0.717, 1.165) is 18.7 Å². The smallest absolute Gasteiger partial charge is 0.339 e. The predicted molar refractivity (Wildman–Crippen MR) is 229 cm³/mol. The minimum Gasteiger partial charge on any atom is -0.504 e. The number of fused-ring (bicyclic) bond motifs is 1. The maximum absolute atomic E-state index is 13.2. The van der Waals surface area contributed by atoms with Gasteiger partial charge >= 0.3 is 5.97 Å². The van der Waals surface area contributed by atoms with Gasteiger partial charge in [0.1, 0.15) is 11.6 Å². The third-order valence-electron chi connectivity index (χ3n) is 9.82. The number of aromatic carboxylic acids is 1. The first-order valence-electron chi connectivity index (χ1n) is 19.2. The molecular formula is C45H40N6O13. The Morgan fingerprint density at radius 1 is 0.672 bits per heavy atom. The number of nitrogens with one attached hydrogen (secondary N) is 5. The first-order valence-corrected chi connectivity index (χ1v) is 19.2. The number of anilines is 4. The van der Waals surface area contributed by atoms with Gasteiger partial charge in [0.2, 0.25) is 18.6 Å². The number of ether oxygens (including phenoxy) is 4. The number of nitriles is 1. The zero-order chi connectivity index (χ0) is 46.1. The number of hydrogen-bond donors (Lipinski definition) is 8. The second-order valence-electron chi connectivity index (χ2n) is 14.1. The number of benzene rings is 5. The molecule has 8 N–H and O–H groups in total. The van der Waals surface area contributed by atoms with Crippen molar-refractivity contribution in [2.24, 2.45) is 5.92 Å². The molecule has 0 radical (unpaired) electrons. The lowest BCUT2D eigenvalue weighted by Gasteiger charge is -2.17. The molecule has 6 rings (SSSR count). The normalized spacial score (nSPS) is 12.1. The van der Waals surface area contributed by atoms with Crippen molar-refractivity contribution in [2.45, 2.75) is 25.8 Å². The van der Waals surface area contributed by atoms with Crippen molar-refractivity contribution < 1.29 is 63.0 Å². The van der Waals surface area contributed by atoms with Crippen LogP contribution in [0.5, 0.6) is 34.5 Å². The highest BCUT2D eigenvalue weighted by atomic mass is 16.7. The maximum Gasteiger partial charge on any atom is 0.339 e. The Morgan fingerprint density at radius 2 is 1.20 bits per heavy atom. The Kier molecular flexibility index (Phi) is 13.8. The Balaban J connectivity index is 1.02. The molecule has 5 amide bonds. The van der Waals surface area contributed by atoms with Gasteiger partial charge in [-0.2, -0.15) is 5.26 Å². The van der Waals surface area contributed by atoms with Crippen LogP contribution in [0.4, 0.5) is 22.7 Å². The van der Waals surface area contributed by atoms with Crippen LogP contribution in [0.3, 0.4) is 0 Å². The molecule has 19 nitrogen and oxygen atoms in total. The van der Waals surface area contributed by atoms with E-state index < -0.39 is 52.7 Å². The predicted octanol–water partition coefficient (Wildman–Crippen LogP) is 5.51. The number of carboxylic acids is 1. The number of rotatable bonds is 16. The van der Waals surface area contributed by atoms with Crippen LogP contribution < -0.4 is 45.5 Å². The summed E-state index contributed by atoms with van der Waals surface area (Å²) in [5.74, 6) is -5.63. The lowest BCUT2D eigenvalue weighted by atomic mass is 10.00. The minimum atomic E-state index is -1.42.